The van der Waals surface area contributed by atoms with Crippen LogP contribution >= 0.6 is 0 Å². The van der Waals surface area contributed by atoms with Crippen molar-refractivity contribution in [1.82, 2.24) is 0 Å². The summed E-state index contributed by atoms with van der Waals surface area (Å²) in [6.07, 6.45) is 0. The normalized spacial score (nSPS) is 12.2. The van der Waals surface area contributed by atoms with Gasteiger partial charge in [0, 0.05) is 0 Å². The molecule has 3 aromatic rings. The number of anilines is 1. The van der Waals surface area contributed by atoms with Gasteiger partial charge < -0.3 is 0 Å². The van der Waals surface area contributed by atoms with Crippen molar-refractivity contribution in [3.8, 4) is 0 Å². The Kier molecular flexibility index (Phi) is 4.28. The SMILES string of the molecule is Cc1ccc(NS(=O)(=O)c2ccc3ccccc3c2)cc1S(N)(=O)=O. The van der Waals surface area contributed by atoms with Gasteiger partial charge in [0.1, 0.15) is 0 Å². The molecule has 0 spiro atoms. The van der Waals surface area contributed by atoms with Gasteiger partial charge in [-0.2, -0.15) is 0 Å². The van der Waals surface area contributed by atoms with E-state index < -0.39 is 20.0 Å². The Balaban J connectivity index is 2.01. The fourth-order valence-electron chi connectivity index (χ4n) is 2.52. The fourth-order valence-corrected chi connectivity index (χ4v) is 4.41. The molecular weight excluding hydrogens is 360 g/mol. The number of aryl methyl sites for hydroxylation is 1. The molecule has 0 heterocycles. The number of sulfonamides is 2. The highest BCUT2D eigenvalue weighted by atomic mass is 32.2. The molecule has 0 fully saturated rings. The lowest BCUT2D eigenvalue weighted by Gasteiger charge is -2.11. The van der Waals surface area contributed by atoms with E-state index >= 15 is 0 Å². The van der Waals surface area contributed by atoms with Crippen molar-refractivity contribution in [2.45, 2.75) is 16.7 Å². The molecule has 0 radical (unpaired) electrons. The Morgan fingerprint density at radius 1 is 0.840 bits per heavy atom. The summed E-state index contributed by atoms with van der Waals surface area (Å²) in [5.74, 6) is 0. The van der Waals surface area contributed by atoms with E-state index in [1.54, 1.807) is 19.1 Å². The molecule has 3 N–H and O–H groups in total. The van der Waals surface area contributed by atoms with Crippen molar-refractivity contribution in [3.05, 3.63) is 66.2 Å². The van der Waals surface area contributed by atoms with Crippen molar-refractivity contribution >= 4 is 36.5 Å². The minimum atomic E-state index is -3.94. The maximum Gasteiger partial charge on any atom is 0.261 e. The van der Waals surface area contributed by atoms with Gasteiger partial charge in [-0.1, -0.05) is 36.4 Å². The lowest BCUT2D eigenvalue weighted by molar-refractivity contribution is 0.596. The highest BCUT2D eigenvalue weighted by Gasteiger charge is 2.17. The van der Waals surface area contributed by atoms with E-state index in [0.717, 1.165) is 10.8 Å². The number of hydrogen-bond acceptors (Lipinski definition) is 4. The lowest BCUT2D eigenvalue weighted by atomic mass is 10.1. The van der Waals surface area contributed by atoms with Crippen molar-refractivity contribution in [3.63, 3.8) is 0 Å². The molecule has 3 aromatic carbocycles. The highest BCUT2D eigenvalue weighted by molar-refractivity contribution is 7.92. The number of nitrogens with two attached hydrogens (primary N) is 1. The summed E-state index contributed by atoms with van der Waals surface area (Å²) in [5, 5.41) is 6.87. The predicted octanol–water partition coefficient (Wildman–Crippen LogP) is 2.60. The topological polar surface area (TPSA) is 106 Å². The summed E-state index contributed by atoms with van der Waals surface area (Å²) in [5.41, 5.74) is 0.568. The highest BCUT2D eigenvalue weighted by Crippen LogP contribution is 2.24. The first-order valence-corrected chi connectivity index (χ1v) is 10.3. The van der Waals surface area contributed by atoms with Gasteiger partial charge in [0.05, 0.1) is 15.5 Å². The number of nitrogens with one attached hydrogen (secondary N) is 1. The van der Waals surface area contributed by atoms with Crippen LogP contribution in [0, 0.1) is 6.92 Å². The van der Waals surface area contributed by atoms with Gasteiger partial charge in [-0.25, -0.2) is 22.0 Å². The summed E-state index contributed by atoms with van der Waals surface area (Å²) < 4.78 is 50.8. The summed E-state index contributed by atoms with van der Waals surface area (Å²) in [6, 6.07) is 16.4. The van der Waals surface area contributed by atoms with Gasteiger partial charge in [0.2, 0.25) is 10.0 Å². The van der Waals surface area contributed by atoms with E-state index in [2.05, 4.69) is 4.72 Å². The lowest BCUT2D eigenvalue weighted by Crippen LogP contribution is -2.16. The number of hydrogen-bond donors (Lipinski definition) is 2. The summed E-state index contributed by atoms with van der Waals surface area (Å²) in [7, 11) is -7.81. The maximum atomic E-state index is 12.6. The molecule has 0 aliphatic carbocycles. The van der Waals surface area contributed by atoms with Crippen LogP contribution in [0.15, 0.2) is 70.5 Å². The fraction of sp³-hybridized carbons (Fsp3) is 0.0588. The third kappa shape index (κ3) is 3.65. The molecule has 0 unspecified atom stereocenters. The third-order valence-corrected chi connectivity index (χ3v) is 6.21. The largest absolute Gasteiger partial charge is 0.280 e. The van der Waals surface area contributed by atoms with Gasteiger partial charge >= 0.3 is 0 Å². The molecule has 0 saturated heterocycles. The Bertz CT molecular complexity index is 1170. The Labute approximate surface area is 146 Å². The molecule has 0 aromatic heterocycles. The molecule has 8 heteroatoms. The molecule has 6 nitrogen and oxygen atoms in total. The Morgan fingerprint density at radius 3 is 2.20 bits per heavy atom. The van der Waals surface area contributed by atoms with Crippen LogP contribution in [0.25, 0.3) is 10.8 Å². The van der Waals surface area contributed by atoms with Crippen LogP contribution in [0.1, 0.15) is 5.56 Å². The minimum Gasteiger partial charge on any atom is -0.280 e. The number of rotatable bonds is 4. The van der Waals surface area contributed by atoms with Crippen LogP contribution in [0.5, 0.6) is 0 Å². The van der Waals surface area contributed by atoms with Gasteiger partial charge in [-0.15, -0.1) is 0 Å². The molecule has 3 rings (SSSR count). The first-order valence-electron chi connectivity index (χ1n) is 7.32. The number of benzene rings is 3. The number of fused-ring (bicyclic) bond motifs is 1. The van der Waals surface area contributed by atoms with Crippen LogP contribution in [-0.4, -0.2) is 16.8 Å². The van der Waals surface area contributed by atoms with E-state index in [1.807, 2.05) is 24.3 Å². The smallest absolute Gasteiger partial charge is 0.261 e. The average Bonchev–Trinajstić information content (AvgIpc) is 2.55. The zero-order chi connectivity index (χ0) is 18.2. The van der Waals surface area contributed by atoms with Gasteiger partial charge in [-0.3, -0.25) is 4.72 Å². The Morgan fingerprint density at radius 2 is 1.52 bits per heavy atom. The van der Waals surface area contributed by atoms with E-state index in [4.69, 9.17) is 5.14 Å². The van der Waals surface area contributed by atoms with Gasteiger partial charge in [0.15, 0.2) is 0 Å². The van der Waals surface area contributed by atoms with Crippen molar-refractivity contribution in [1.29, 1.82) is 0 Å². The van der Waals surface area contributed by atoms with Crippen LogP contribution < -0.4 is 9.86 Å². The standard InChI is InChI=1S/C17H16N2O4S2/c1-12-6-8-15(11-17(12)24(18,20)21)19-25(22,23)16-9-7-13-4-2-3-5-14(13)10-16/h2-11,19H,1H3,(H2,18,20,21). The monoisotopic (exact) mass is 376 g/mol. The van der Waals surface area contributed by atoms with E-state index in [1.165, 1.54) is 24.3 Å². The minimum absolute atomic E-state index is 0.0870. The molecule has 0 bridgehead atoms. The average molecular weight is 376 g/mol. The van der Waals surface area contributed by atoms with Crippen molar-refractivity contribution in [2.75, 3.05) is 4.72 Å². The quantitative estimate of drug-likeness (QED) is 0.730. The van der Waals surface area contributed by atoms with E-state index in [0.29, 0.717) is 5.56 Å². The molecule has 0 atom stereocenters. The molecule has 0 aliphatic rings. The van der Waals surface area contributed by atoms with Gasteiger partial charge in [-0.05, 0) is 47.5 Å². The Hall–Kier alpha value is -2.42. The summed E-state index contributed by atoms with van der Waals surface area (Å²) in [4.78, 5) is -0.0323. The van der Waals surface area contributed by atoms with Crippen LogP contribution in [0.4, 0.5) is 5.69 Å². The first kappa shape index (κ1) is 17.4. The molecule has 25 heavy (non-hydrogen) atoms. The third-order valence-electron chi connectivity index (χ3n) is 3.78. The van der Waals surface area contributed by atoms with Crippen LogP contribution in [0.3, 0.4) is 0 Å². The summed E-state index contributed by atoms with van der Waals surface area (Å²) >= 11 is 0. The number of primary sulfonamides is 1. The molecule has 0 amide bonds. The second-order valence-corrected chi connectivity index (χ2v) is 8.85. The second kappa shape index (κ2) is 6.14. The van der Waals surface area contributed by atoms with E-state index in [-0.39, 0.29) is 15.5 Å². The predicted molar refractivity (Wildman–Crippen MR) is 97.3 cm³/mol. The maximum absolute atomic E-state index is 12.6. The zero-order valence-electron chi connectivity index (χ0n) is 13.3. The molecule has 130 valence electrons. The molecule has 0 saturated carbocycles. The second-order valence-electron chi connectivity index (χ2n) is 5.64. The molecule has 0 aliphatic heterocycles. The zero-order valence-corrected chi connectivity index (χ0v) is 14.9. The van der Waals surface area contributed by atoms with Crippen LogP contribution in [0.2, 0.25) is 0 Å². The van der Waals surface area contributed by atoms with Crippen molar-refractivity contribution < 1.29 is 16.8 Å². The van der Waals surface area contributed by atoms with Crippen LogP contribution in [-0.2, 0) is 20.0 Å². The van der Waals surface area contributed by atoms with Gasteiger partial charge in [0.25, 0.3) is 10.0 Å². The van der Waals surface area contributed by atoms with E-state index in [9.17, 15) is 16.8 Å². The van der Waals surface area contributed by atoms with Crippen molar-refractivity contribution in [2.24, 2.45) is 5.14 Å². The first-order chi connectivity index (χ1) is 11.7. The summed E-state index contributed by atoms with van der Waals surface area (Å²) in [6.45, 7) is 1.58. The molecular formula is C17H16N2O4S2.